The Morgan fingerprint density at radius 1 is 1.23 bits per heavy atom. The van der Waals surface area contributed by atoms with Gasteiger partial charge in [0.2, 0.25) is 0 Å². The molecule has 26 heavy (non-hydrogen) atoms. The molecule has 0 saturated carbocycles. The van der Waals surface area contributed by atoms with Crippen LogP contribution in [0, 0.1) is 0 Å². The molecule has 6 nitrogen and oxygen atoms in total. The number of hydrogen-bond acceptors (Lipinski definition) is 4. The van der Waals surface area contributed by atoms with Crippen molar-refractivity contribution < 1.29 is 27.8 Å². The number of rotatable bonds is 7. The Kier molecular flexibility index (Phi) is 6.40. The largest absolute Gasteiger partial charge is 0.465 e. The van der Waals surface area contributed by atoms with Crippen LogP contribution in [0.1, 0.15) is 17.5 Å². The average molecular weight is 369 g/mol. The number of carboxylic acid groups (broad SMARTS) is 1. The van der Waals surface area contributed by atoms with E-state index in [1.807, 2.05) is 0 Å². The first-order chi connectivity index (χ1) is 12.3. The number of carbonyl (C=O) groups is 1. The molecule has 0 bridgehead atoms. The summed E-state index contributed by atoms with van der Waals surface area (Å²) in [7, 11) is 0. The smallest absolute Gasteiger partial charge is 0.418 e. The molecule has 4 N–H and O–H groups in total. The highest BCUT2D eigenvalue weighted by Crippen LogP contribution is 2.37. The van der Waals surface area contributed by atoms with Gasteiger partial charge in [-0.05, 0) is 24.1 Å². The molecule has 2 aromatic rings. The lowest BCUT2D eigenvalue weighted by Crippen LogP contribution is -2.22. The maximum Gasteiger partial charge on any atom is 0.418 e. The van der Waals surface area contributed by atoms with Crippen LogP contribution in [0.2, 0.25) is 0 Å². The predicted molar refractivity (Wildman–Crippen MR) is 89.4 cm³/mol. The minimum absolute atomic E-state index is 0.0107. The number of nitrogens with zero attached hydrogens (tertiary/aromatic N) is 1. The molecule has 2 rings (SSSR count). The minimum atomic E-state index is -4.56. The van der Waals surface area contributed by atoms with Crippen LogP contribution < -0.4 is 11.1 Å². The van der Waals surface area contributed by atoms with E-state index in [9.17, 15) is 18.0 Å². The van der Waals surface area contributed by atoms with E-state index in [1.165, 1.54) is 6.07 Å². The quantitative estimate of drug-likeness (QED) is 0.649. The van der Waals surface area contributed by atoms with E-state index < -0.39 is 17.8 Å². The number of anilines is 1. The third kappa shape index (κ3) is 5.35. The Morgan fingerprint density at radius 2 is 1.96 bits per heavy atom. The number of nitrogens with one attached hydrogen (secondary N) is 1. The lowest BCUT2D eigenvalue weighted by Gasteiger charge is -2.15. The van der Waals surface area contributed by atoms with Gasteiger partial charge in [-0.25, -0.2) is 9.78 Å². The van der Waals surface area contributed by atoms with Gasteiger partial charge in [0.05, 0.1) is 17.9 Å². The molecule has 0 atom stereocenters. The topological polar surface area (TPSA) is 97.5 Å². The molecule has 0 aliphatic rings. The lowest BCUT2D eigenvalue weighted by molar-refractivity contribution is -0.137. The number of ether oxygens (including phenoxy) is 1. The van der Waals surface area contributed by atoms with Gasteiger partial charge in [0.1, 0.15) is 5.82 Å². The van der Waals surface area contributed by atoms with Crippen LogP contribution in [-0.2, 0) is 17.5 Å². The number of benzene rings is 1. The number of hydrogen-bond donors (Lipinski definition) is 3. The van der Waals surface area contributed by atoms with Crippen LogP contribution in [0.3, 0.4) is 0 Å². The van der Waals surface area contributed by atoms with Crippen LogP contribution in [0.5, 0.6) is 0 Å². The van der Waals surface area contributed by atoms with Gasteiger partial charge in [-0.3, -0.25) is 0 Å². The first kappa shape index (κ1) is 19.5. The highest BCUT2D eigenvalue weighted by molar-refractivity contribution is 5.69. The van der Waals surface area contributed by atoms with Crippen molar-refractivity contribution in [1.82, 2.24) is 10.3 Å². The molecule has 0 spiro atoms. The van der Waals surface area contributed by atoms with E-state index in [0.717, 1.165) is 12.1 Å². The molecule has 0 unspecified atom stereocenters. The standard InChI is InChI=1S/C17H18F3N3O3/c18-17(19,20)13-6-7-14(21)23-15(13)12-5-2-1-4-11(12)10-26-9-3-8-22-16(24)25/h1-2,4-7,22H,3,8-10H2,(H2,21,23)(H,24,25). The molecule has 1 aromatic carbocycles. The van der Waals surface area contributed by atoms with Gasteiger partial charge in [-0.2, -0.15) is 13.2 Å². The zero-order chi connectivity index (χ0) is 19.2. The number of amides is 1. The van der Waals surface area contributed by atoms with E-state index in [-0.39, 0.29) is 36.8 Å². The SMILES string of the molecule is Nc1ccc(C(F)(F)F)c(-c2ccccc2COCCCNC(=O)O)n1. The number of alkyl halides is 3. The van der Waals surface area contributed by atoms with Crippen LogP contribution >= 0.6 is 0 Å². The number of pyridine rings is 1. The predicted octanol–water partition coefficient (Wildman–Crippen LogP) is 3.52. The summed E-state index contributed by atoms with van der Waals surface area (Å²) < 4.78 is 45.3. The normalized spacial score (nSPS) is 11.3. The van der Waals surface area contributed by atoms with Crippen molar-refractivity contribution >= 4 is 11.9 Å². The van der Waals surface area contributed by atoms with Crippen molar-refractivity contribution in [1.29, 1.82) is 0 Å². The average Bonchev–Trinajstić information content (AvgIpc) is 2.57. The summed E-state index contributed by atoms with van der Waals surface area (Å²) in [5.41, 5.74) is 5.27. The highest BCUT2D eigenvalue weighted by atomic mass is 19.4. The van der Waals surface area contributed by atoms with Crippen molar-refractivity contribution in [2.24, 2.45) is 0 Å². The van der Waals surface area contributed by atoms with Crippen LogP contribution in [0.15, 0.2) is 36.4 Å². The number of nitrogen functional groups attached to an aromatic ring is 1. The third-order valence-electron chi connectivity index (χ3n) is 3.49. The van der Waals surface area contributed by atoms with E-state index in [0.29, 0.717) is 12.0 Å². The Bertz CT molecular complexity index is 766. The van der Waals surface area contributed by atoms with Gasteiger partial charge in [0, 0.05) is 18.7 Å². The Labute approximate surface area is 147 Å². The maximum absolute atomic E-state index is 13.3. The fraction of sp³-hybridized carbons (Fsp3) is 0.294. The summed E-state index contributed by atoms with van der Waals surface area (Å²) >= 11 is 0. The monoisotopic (exact) mass is 369 g/mol. The van der Waals surface area contributed by atoms with Gasteiger partial charge in [-0.15, -0.1) is 0 Å². The van der Waals surface area contributed by atoms with Crippen LogP contribution in [0.25, 0.3) is 11.3 Å². The number of halogens is 3. The number of nitrogens with two attached hydrogens (primary N) is 1. The highest BCUT2D eigenvalue weighted by Gasteiger charge is 2.35. The molecule has 9 heteroatoms. The van der Waals surface area contributed by atoms with Crippen LogP contribution in [0.4, 0.5) is 23.8 Å². The van der Waals surface area contributed by atoms with Crippen molar-refractivity contribution in [3.63, 3.8) is 0 Å². The summed E-state index contributed by atoms with van der Waals surface area (Å²) in [6, 6.07) is 8.50. The Hall–Kier alpha value is -2.81. The molecule has 140 valence electrons. The molecular formula is C17H18F3N3O3. The lowest BCUT2D eigenvalue weighted by atomic mass is 10.00. The summed E-state index contributed by atoms with van der Waals surface area (Å²) in [5, 5.41) is 10.7. The van der Waals surface area contributed by atoms with Crippen molar-refractivity contribution in [2.45, 2.75) is 19.2 Å². The second-order valence-electron chi connectivity index (χ2n) is 5.43. The molecule has 0 aliphatic carbocycles. The first-order valence-electron chi connectivity index (χ1n) is 7.75. The molecule has 0 aliphatic heterocycles. The van der Waals surface area contributed by atoms with Crippen molar-refractivity contribution in [3.8, 4) is 11.3 Å². The van der Waals surface area contributed by atoms with E-state index in [1.54, 1.807) is 18.2 Å². The van der Waals surface area contributed by atoms with Gasteiger partial charge in [0.25, 0.3) is 0 Å². The first-order valence-corrected chi connectivity index (χ1v) is 7.75. The molecule has 0 saturated heterocycles. The van der Waals surface area contributed by atoms with Crippen molar-refractivity contribution in [2.75, 3.05) is 18.9 Å². The Balaban J connectivity index is 2.17. The van der Waals surface area contributed by atoms with E-state index >= 15 is 0 Å². The molecule has 1 aromatic heterocycles. The molecule has 1 amide bonds. The maximum atomic E-state index is 13.3. The zero-order valence-electron chi connectivity index (χ0n) is 13.7. The fourth-order valence-electron chi connectivity index (χ4n) is 2.34. The van der Waals surface area contributed by atoms with Crippen LogP contribution in [-0.4, -0.2) is 29.3 Å². The third-order valence-corrected chi connectivity index (χ3v) is 3.49. The molecular weight excluding hydrogens is 351 g/mol. The molecule has 1 heterocycles. The van der Waals surface area contributed by atoms with E-state index in [4.69, 9.17) is 15.6 Å². The van der Waals surface area contributed by atoms with Crippen molar-refractivity contribution in [3.05, 3.63) is 47.5 Å². The fourth-order valence-corrected chi connectivity index (χ4v) is 2.34. The van der Waals surface area contributed by atoms with E-state index in [2.05, 4.69) is 10.3 Å². The number of aromatic nitrogens is 1. The zero-order valence-corrected chi connectivity index (χ0v) is 13.7. The van der Waals surface area contributed by atoms with Gasteiger partial charge in [-0.1, -0.05) is 24.3 Å². The Morgan fingerprint density at radius 3 is 2.65 bits per heavy atom. The van der Waals surface area contributed by atoms with Gasteiger partial charge < -0.3 is 20.9 Å². The summed E-state index contributed by atoms with van der Waals surface area (Å²) in [5.74, 6) is -0.0107. The second-order valence-corrected chi connectivity index (χ2v) is 5.43. The minimum Gasteiger partial charge on any atom is -0.465 e. The second kappa shape index (κ2) is 8.52. The summed E-state index contributed by atoms with van der Waals surface area (Å²) in [6.07, 6.45) is -5.24. The molecule has 0 radical (unpaired) electrons. The van der Waals surface area contributed by atoms with Gasteiger partial charge in [0.15, 0.2) is 0 Å². The summed E-state index contributed by atoms with van der Waals surface area (Å²) in [6.45, 7) is 0.550. The molecule has 0 fully saturated rings. The van der Waals surface area contributed by atoms with Gasteiger partial charge >= 0.3 is 12.3 Å². The summed E-state index contributed by atoms with van der Waals surface area (Å²) in [4.78, 5) is 14.2.